The van der Waals surface area contributed by atoms with Gasteiger partial charge in [-0.15, -0.1) is 0 Å². The molecule has 1 saturated carbocycles. The standard InChI is InChI=1S/C19H28N2O5S/c1-15-4-2-3-5-18(15)20-19(22)14-26-16-6-8-17(9-7-16)27(23,24)21-10-12-25-13-11-21/h6-9,15,18H,2-5,10-14H2,1H3,(H,20,22)/t15-,18-/m1/s1. The van der Waals surface area contributed by atoms with E-state index in [4.69, 9.17) is 9.47 Å². The zero-order valence-electron chi connectivity index (χ0n) is 15.7. The SMILES string of the molecule is C[C@@H]1CCCC[C@H]1NC(=O)COc1ccc(S(=O)(=O)N2CCOCC2)cc1. The van der Waals surface area contributed by atoms with E-state index < -0.39 is 10.0 Å². The lowest BCUT2D eigenvalue weighted by atomic mass is 9.86. The van der Waals surface area contributed by atoms with Crippen LogP contribution in [0.15, 0.2) is 29.2 Å². The summed E-state index contributed by atoms with van der Waals surface area (Å²) in [5.41, 5.74) is 0. The van der Waals surface area contributed by atoms with Crippen LogP contribution in [0.4, 0.5) is 0 Å². The number of sulfonamides is 1. The van der Waals surface area contributed by atoms with Gasteiger partial charge in [0, 0.05) is 19.1 Å². The lowest BCUT2D eigenvalue weighted by molar-refractivity contribution is -0.124. The number of carbonyl (C=O) groups excluding carboxylic acids is 1. The molecule has 1 aromatic carbocycles. The molecular formula is C19H28N2O5S. The average molecular weight is 397 g/mol. The molecule has 2 atom stereocenters. The number of hydrogen-bond donors (Lipinski definition) is 1. The Kier molecular flexibility index (Phi) is 6.73. The second-order valence-electron chi connectivity index (χ2n) is 7.21. The molecule has 2 aliphatic rings. The Hall–Kier alpha value is -1.64. The van der Waals surface area contributed by atoms with E-state index >= 15 is 0 Å². The van der Waals surface area contributed by atoms with Gasteiger partial charge in [-0.1, -0.05) is 19.8 Å². The number of rotatable bonds is 6. The van der Waals surface area contributed by atoms with E-state index in [0.29, 0.717) is 38.0 Å². The van der Waals surface area contributed by atoms with Gasteiger partial charge in [-0.25, -0.2) is 8.42 Å². The van der Waals surface area contributed by atoms with Crippen LogP contribution in [0.25, 0.3) is 0 Å². The Bertz CT molecular complexity index is 729. The summed E-state index contributed by atoms with van der Waals surface area (Å²) in [4.78, 5) is 12.3. The number of hydrogen-bond acceptors (Lipinski definition) is 5. The van der Waals surface area contributed by atoms with Crippen LogP contribution >= 0.6 is 0 Å². The number of nitrogens with one attached hydrogen (secondary N) is 1. The first-order valence-electron chi connectivity index (χ1n) is 9.57. The van der Waals surface area contributed by atoms with Crippen LogP contribution in [0, 0.1) is 5.92 Å². The van der Waals surface area contributed by atoms with E-state index in [0.717, 1.165) is 19.3 Å². The first-order valence-corrected chi connectivity index (χ1v) is 11.0. The van der Waals surface area contributed by atoms with Gasteiger partial charge in [0.15, 0.2) is 6.61 Å². The molecule has 1 aliphatic heterocycles. The number of morpholine rings is 1. The van der Waals surface area contributed by atoms with Crippen LogP contribution in [0.1, 0.15) is 32.6 Å². The third-order valence-corrected chi connectivity index (χ3v) is 7.17. The van der Waals surface area contributed by atoms with E-state index in [1.54, 1.807) is 12.1 Å². The molecular weight excluding hydrogens is 368 g/mol. The van der Waals surface area contributed by atoms with Crippen molar-refractivity contribution in [1.82, 2.24) is 9.62 Å². The van der Waals surface area contributed by atoms with E-state index in [1.807, 2.05) is 0 Å². The number of amides is 1. The van der Waals surface area contributed by atoms with Crippen LogP contribution < -0.4 is 10.1 Å². The van der Waals surface area contributed by atoms with Crippen molar-refractivity contribution in [1.29, 1.82) is 0 Å². The molecule has 0 spiro atoms. The molecule has 0 unspecified atom stereocenters. The van der Waals surface area contributed by atoms with Gasteiger partial charge in [0.05, 0.1) is 18.1 Å². The van der Waals surface area contributed by atoms with Gasteiger partial charge in [-0.3, -0.25) is 4.79 Å². The molecule has 0 aromatic heterocycles. The van der Waals surface area contributed by atoms with Crippen LogP contribution in [0.3, 0.4) is 0 Å². The topological polar surface area (TPSA) is 84.9 Å². The highest BCUT2D eigenvalue weighted by atomic mass is 32.2. The molecule has 3 rings (SSSR count). The monoisotopic (exact) mass is 396 g/mol. The van der Waals surface area contributed by atoms with Crippen LogP contribution in [0.5, 0.6) is 5.75 Å². The number of nitrogens with zero attached hydrogens (tertiary/aromatic N) is 1. The molecule has 1 aromatic rings. The van der Waals surface area contributed by atoms with Crippen molar-refractivity contribution in [2.24, 2.45) is 5.92 Å². The van der Waals surface area contributed by atoms with E-state index in [1.165, 1.54) is 22.9 Å². The summed E-state index contributed by atoms with van der Waals surface area (Å²) in [6.07, 6.45) is 4.53. The van der Waals surface area contributed by atoms with Gasteiger partial charge >= 0.3 is 0 Å². The summed E-state index contributed by atoms with van der Waals surface area (Å²) in [6, 6.07) is 6.42. The molecule has 1 aliphatic carbocycles. The summed E-state index contributed by atoms with van der Waals surface area (Å²) in [7, 11) is -3.52. The Morgan fingerprint density at radius 3 is 2.52 bits per heavy atom. The average Bonchev–Trinajstić information content (AvgIpc) is 2.69. The van der Waals surface area contributed by atoms with Crippen molar-refractivity contribution in [2.75, 3.05) is 32.9 Å². The first kappa shape index (κ1) is 20.1. The molecule has 1 N–H and O–H groups in total. The molecule has 2 fully saturated rings. The van der Waals surface area contributed by atoms with Crippen molar-refractivity contribution in [3.8, 4) is 5.75 Å². The number of carbonyl (C=O) groups is 1. The molecule has 150 valence electrons. The Balaban J connectivity index is 1.52. The third-order valence-electron chi connectivity index (χ3n) is 5.26. The highest BCUT2D eigenvalue weighted by molar-refractivity contribution is 7.89. The fourth-order valence-corrected chi connectivity index (χ4v) is 4.98. The highest BCUT2D eigenvalue weighted by Gasteiger charge is 2.26. The maximum absolute atomic E-state index is 12.6. The van der Waals surface area contributed by atoms with Gasteiger partial charge in [-0.05, 0) is 43.0 Å². The van der Waals surface area contributed by atoms with Crippen molar-refractivity contribution in [3.63, 3.8) is 0 Å². The van der Waals surface area contributed by atoms with Gasteiger partial charge in [0.25, 0.3) is 5.91 Å². The van der Waals surface area contributed by atoms with E-state index in [2.05, 4.69) is 12.2 Å². The first-order chi connectivity index (χ1) is 13.0. The summed E-state index contributed by atoms with van der Waals surface area (Å²) in [5, 5.41) is 3.04. The predicted molar refractivity (Wildman–Crippen MR) is 101 cm³/mol. The molecule has 1 heterocycles. The minimum absolute atomic E-state index is 0.0707. The summed E-state index contributed by atoms with van der Waals surface area (Å²) in [6.45, 7) is 3.64. The highest BCUT2D eigenvalue weighted by Crippen LogP contribution is 2.24. The van der Waals surface area contributed by atoms with E-state index in [9.17, 15) is 13.2 Å². The zero-order chi connectivity index (χ0) is 19.3. The number of ether oxygens (including phenoxy) is 2. The molecule has 27 heavy (non-hydrogen) atoms. The quantitative estimate of drug-likeness (QED) is 0.792. The second-order valence-corrected chi connectivity index (χ2v) is 9.15. The van der Waals surface area contributed by atoms with Crippen LogP contribution in [-0.4, -0.2) is 57.6 Å². The zero-order valence-corrected chi connectivity index (χ0v) is 16.5. The van der Waals surface area contributed by atoms with Crippen molar-refractivity contribution in [2.45, 2.75) is 43.5 Å². The normalized spacial score (nSPS) is 24.3. The predicted octanol–water partition coefficient (Wildman–Crippen LogP) is 1.78. The fraction of sp³-hybridized carbons (Fsp3) is 0.632. The maximum Gasteiger partial charge on any atom is 0.258 e. The minimum Gasteiger partial charge on any atom is -0.484 e. The van der Waals surface area contributed by atoms with Crippen LogP contribution in [-0.2, 0) is 19.6 Å². The second kappa shape index (κ2) is 9.03. The molecule has 0 radical (unpaired) electrons. The maximum atomic E-state index is 12.6. The summed E-state index contributed by atoms with van der Waals surface area (Å²) >= 11 is 0. The Labute approximate surface area is 161 Å². The molecule has 7 nitrogen and oxygen atoms in total. The fourth-order valence-electron chi connectivity index (χ4n) is 3.57. The smallest absolute Gasteiger partial charge is 0.258 e. The molecule has 1 saturated heterocycles. The van der Waals surface area contributed by atoms with Gasteiger partial charge in [0.2, 0.25) is 10.0 Å². The van der Waals surface area contributed by atoms with E-state index in [-0.39, 0.29) is 23.5 Å². The third kappa shape index (κ3) is 5.21. The lowest BCUT2D eigenvalue weighted by Crippen LogP contribution is -2.43. The molecule has 0 bridgehead atoms. The largest absolute Gasteiger partial charge is 0.484 e. The van der Waals surface area contributed by atoms with Crippen molar-refractivity contribution >= 4 is 15.9 Å². The van der Waals surface area contributed by atoms with Crippen molar-refractivity contribution < 1.29 is 22.7 Å². The molecule has 1 amide bonds. The Morgan fingerprint density at radius 1 is 1.19 bits per heavy atom. The van der Waals surface area contributed by atoms with Gasteiger partial charge in [0.1, 0.15) is 5.75 Å². The minimum atomic E-state index is -3.52. The summed E-state index contributed by atoms with van der Waals surface area (Å²) in [5.74, 6) is 0.828. The van der Waals surface area contributed by atoms with Crippen molar-refractivity contribution in [3.05, 3.63) is 24.3 Å². The summed E-state index contributed by atoms with van der Waals surface area (Å²) < 4.78 is 37.3. The Morgan fingerprint density at radius 2 is 1.85 bits per heavy atom. The molecule has 8 heteroatoms. The van der Waals surface area contributed by atoms with Gasteiger partial charge in [-0.2, -0.15) is 4.31 Å². The van der Waals surface area contributed by atoms with Gasteiger partial charge < -0.3 is 14.8 Å². The lowest BCUT2D eigenvalue weighted by Gasteiger charge is -2.29. The number of benzene rings is 1. The van der Waals surface area contributed by atoms with Crippen LogP contribution in [0.2, 0.25) is 0 Å².